The number of hydrogen-bond acceptors (Lipinski definition) is 3. The molecule has 3 nitrogen and oxygen atoms in total. The van der Waals surface area contributed by atoms with E-state index in [4.69, 9.17) is 21.1 Å². The molecule has 94 valence electrons. The first-order valence-electron chi connectivity index (χ1n) is 5.47. The van der Waals surface area contributed by atoms with E-state index in [1.54, 1.807) is 13.2 Å². The third-order valence-corrected chi connectivity index (χ3v) is 2.96. The number of carbonyl (C=O) groups is 1. The summed E-state index contributed by atoms with van der Waals surface area (Å²) in [4.78, 5) is 11.7. The van der Waals surface area contributed by atoms with Gasteiger partial charge in [-0.3, -0.25) is 4.79 Å². The fourth-order valence-corrected chi connectivity index (χ4v) is 2.23. The van der Waals surface area contributed by atoms with Crippen molar-refractivity contribution in [1.82, 2.24) is 0 Å². The highest BCUT2D eigenvalue weighted by Crippen LogP contribution is 2.35. The quantitative estimate of drug-likeness (QED) is 0.776. The normalized spacial score (nSPS) is 12.1. The maximum atomic E-state index is 11.7. The first-order valence-corrected chi connectivity index (χ1v) is 5.84. The number of esters is 1. The van der Waals surface area contributed by atoms with Gasteiger partial charge in [0.25, 0.3) is 0 Å². The lowest BCUT2D eigenvalue weighted by molar-refractivity contribution is -0.142. The summed E-state index contributed by atoms with van der Waals surface area (Å²) in [5.74, 6) is 0.0893. The topological polar surface area (TPSA) is 35.5 Å². The zero-order valence-corrected chi connectivity index (χ0v) is 11.3. The molecular formula is C13H17ClO3. The van der Waals surface area contributed by atoms with E-state index in [9.17, 15) is 4.79 Å². The van der Waals surface area contributed by atoms with Crippen LogP contribution < -0.4 is 4.74 Å². The summed E-state index contributed by atoms with van der Waals surface area (Å²) in [6.45, 7) is 3.83. The van der Waals surface area contributed by atoms with Crippen molar-refractivity contribution in [3.8, 4) is 5.75 Å². The Morgan fingerprint density at radius 2 is 2.06 bits per heavy atom. The van der Waals surface area contributed by atoms with E-state index in [1.165, 1.54) is 7.11 Å². The second-order valence-electron chi connectivity index (χ2n) is 3.83. The van der Waals surface area contributed by atoms with Crippen molar-refractivity contribution in [2.24, 2.45) is 0 Å². The molecule has 0 saturated carbocycles. The summed E-state index contributed by atoms with van der Waals surface area (Å²) in [6, 6.07) is 3.58. The van der Waals surface area contributed by atoms with Crippen LogP contribution in [0.2, 0.25) is 5.02 Å². The molecule has 0 aromatic heterocycles. The largest absolute Gasteiger partial charge is 0.496 e. The van der Waals surface area contributed by atoms with Gasteiger partial charge in [-0.2, -0.15) is 0 Å². The Morgan fingerprint density at radius 1 is 1.41 bits per heavy atom. The van der Waals surface area contributed by atoms with E-state index < -0.39 is 0 Å². The second-order valence-corrected chi connectivity index (χ2v) is 4.27. The summed E-state index contributed by atoms with van der Waals surface area (Å²) in [5, 5.41) is 0.598. The molecule has 17 heavy (non-hydrogen) atoms. The van der Waals surface area contributed by atoms with Crippen LogP contribution in [0.1, 0.15) is 30.4 Å². The van der Waals surface area contributed by atoms with E-state index in [0.29, 0.717) is 17.2 Å². The first-order chi connectivity index (χ1) is 8.04. The van der Waals surface area contributed by atoms with Crippen molar-refractivity contribution in [3.05, 3.63) is 28.3 Å². The number of hydrogen-bond donors (Lipinski definition) is 0. The molecule has 4 heteroatoms. The molecule has 0 aliphatic rings. The Bertz CT molecular complexity index is 415. The number of halogens is 1. The zero-order valence-electron chi connectivity index (χ0n) is 10.5. The minimum atomic E-state index is -0.340. The lowest BCUT2D eigenvalue weighted by Gasteiger charge is -2.18. The van der Waals surface area contributed by atoms with Gasteiger partial charge in [-0.15, -0.1) is 0 Å². The van der Waals surface area contributed by atoms with Crippen molar-refractivity contribution in [2.75, 3.05) is 14.2 Å². The maximum absolute atomic E-state index is 11.7. The van der Waals surface area contributed by atoms with E-state index >= 15 is 0 Å². The maximum Gasteiger partial charge on any atom is 0.313 e. The van der Waals surface area contributed by atoms with Crippen LogP contribution in [0.4, 0.5) is 0 Å². The summed E-state index contributed by atoms with van der Waals surface area (Å²) in [7, 11) is 2.97. The molecule has 1 rings (SSSR count). The summed E-state index contributed by atoms with van der Waals surface area (Å²) >= 11 is 6.02. The molecule has 0 radical (unpaired) electrons. The number of methoxy groups -OCH3 is 2. The number of carbonyl (C=O) groups excluding carboxylic acids is 1. The molecule has 0 bridgehead atoms. The predicted octanol–water partition coefficient (Wildman–Crippen LogP) is 3.32. The number of benzene rings is 1. The molecule has 1 atom stereocenters. The van der Waals surface area contributed by atoms with E-state index in [0.717, 1.165) is 11.1 Å². The van der Waals surface area contributed by atoms with Crippen molar-refractivity contribution in [3.63, 3.8) is 0 Å². The Morgan fingerprint density at radius 3 is 2.53 bits per heavy atom. The van der Waals surface area contributed by atoms with Gasteiger partial charge in [0.2, 0.25) is 0 Å². The van der Waals surface area contributed by atoms with Crippen LogP contribution in [0.15, 0.2) is 12.1 Å². The third kappa shape index (κ3) is 2.91. The monoisotopic (exact) mass is 256 g/mol. The smallest absolute Gasteiger partial charge is 0.313 e. The van der Waals surface area contributed by atoms with Crippen LogP contribution in [-0.4, -0.2) is 20.2 Å². The van der Waals surface area contributed by atoms with E-state index in [2.05, 4.69) is 0 Å². The zero-order chi connectivity index (χ0) is 13.0. The van der Waals surface area contributed by atoms with Crippen molar-refractivity contribution in [2.45, 2.75) is 26.2 Å². The van der Waals surface area contributed by atoms with Gasteiger partial charge in [-0.25, -0.2) is 0 Å². The molecule has 0 aliphatic carbocycles. The average Bonchev–Trinajstić information content (AvgIpc) is 2.29. The minimum Gasteiger partial charge on any atom is -0.496 e. The Labute approximate surface area is 107 Å². The van der Waals surface area contributed by atoms with Gasteiger partial charge in [0.05, 0.1) is 20.1 Å². The van der Waals surface area contributed by atoms with Crippen LogP contribution in [0.25, 0.3) is 0 Å². The van der Waals surface area contributed by atoms with Gasteiger partial charge >= 0.3 is 5.97 Å². The second kappa shape index (κ2) is 5.92. The van der Waals surface area contributed by atoms with Gasteiger partial charge in [0.1, 0.15) is 5.75 Å². The van der Waals surface area contributed by atoms with Gasteiger partial charge < -0.3 is 9.47 Å². The molecular weight excluding hydrogens is 240 g/mol. The van der Waals surface area contributed by atoms with Gasteiger partial charge in [0.15, 0.2) is 0 Å². The van der Waals surface area contributed by atoms with Crippen molar-refractivity contribution < 1.29 is 14.3 Å². The molecule has 0 saturated heterocycles. The molecule has 1 aromatic rings. The average molecular weight is 257 g/mol. The van der Waals surface area contributed by atoms with Crippen LogP contribution in [0.5, 0.6) is 5.75 Å². The van der Waals surface area contributed by atoms with Crippen LogP contribution >= 0.6 is 11.6 Å². The highest BCUT2D eigenvalue weighted by atomic mass is 35.5. The lowest BCUT2D eigenvalue weighted by Crippen LogP contribution is -2.14. The Balaban J connectivity index is 3.31. The van der Waals surface area contributed by atoms with Gasteiger partial charge in [-0.05, 0) is 31.0 Å². The predicted molar refractivity (Wildman–Crippen MR) is 67.8 cm³/mol. The van der Waals surface area contributed by atoms with Crippen LogP contribution in [0.3, 0.4) is 0 Å². The number of aryl methyl sites for hydroxylation is 1. The molecule has 1 aromatic carbocycles. The lowest BCUT2D eigenvalue weighted by atomic mass is 9.94. The third-order valence-electron chi connectivity index (χ3n) is 2.74. The highest BCUT2D eigenvalue weighted by Gasteiger charge is 2.24. The Kier molecular flexibility index (Phi) is 4.82. The van der Waals surface area contributed by atoms with E-state index in [1.807, 2.05) is 19.9 Å². The fraction of sp³-hybridized carbons (Fsp3) is 0.462. The van der Waals surface area contributed by atoms with Gasteiger partial charge in [0, 0.05) is 10.6 Å². The molecule has 0 spiro atoms. The molecule has 1 unspecified atom stereocenters. The van der Waals surface area contributed by atoms with Crippen molar-refractivity contribution >= 4 is 17.6 Å². The standard InChI is InChI=1S/C13H17ClO3/c1-5-10(13(15)17-4)11-7-9(14)6-8(2)12(11)16-3/h6-7,10H,5H2,1-4H3. The summed E-state index contributed by atoms with van der Waals surface area (Å²) in [5.41, 5.74) is 1.70. The summed E-state index contributed by atoms with van der Waals surface area (Å²) in [6.07, 6.45) is 0.642. The fourth-order valence-electron chi connectivity index (χ4n) is 1.95. The van der Waals surface area contributed by atoms with Crippen LogP contribution in [-0.2, 0) is 9.53 Å². The molecule has 0 N–H and O–H groups in total. The SMILES string of the molecule is CCC(C(=O)OC)c1cc(Cl)cc(C)c1OC. The highest BCUT2D eigenvalue weighted by molar-refractivity contribution is 6.30. The Hall–Kier alpha value is -1.22. The van der Waals surface area contributed by atoms with E-state index in [-0.39, 0.29) is 11.9 Å². The molecule has 0 aliphatic heterocycles. The first kappa shape index (κ1) is 13.8. The van der Waals surface area contributed by atoms with Crippen molar-refractivity contribution in [1.29, 1.82) is 0 Å². The summed E-state index contributed by atoms with van der Waals surface area (Å²) < 4.78 is 10.1. The molecule has 0 fully saturated rings. The van der Waals surface area contributed by atoms with Crippen LogP contribution in [0, 0.1) is 6.92 Å². The van der Waals surface area contributed by atoms with Gasteiger partial charge in [-0.1, -0.05) is 18.5 Å². The number of rotatable bonds is 4. The molecule has 0 amide bonds. The number of ether oxygens (including phenoxy) is 2. The molecule has 0 heterocycles. The minimum absolute atomic E-state index is 0.271.